The number of nitrogens with zero attached hydrogens (tertiary/aromatic N) is 2. The van der Waals surface area contributed by atoms with Crippen molar-refractivity contribution < 1.29 is 9.47 Å². The number of aryl methyl sites for hydroxylation is 1. The largest absolute Gasteiger partial charge is 0.495 e. The third kappa shape index (κ3) is 2.88. The topological polar surface area (TPSA) is 56.3 Å². The maximum absolute atomic E-state index is 5.95. The van der Waals surface area contributed by atoms with Crippen LogP contribution in [0.4, 0.5) is 11.5 Å². The van der Waals surface area contributed by atoms with Gasteiger partial charge in [-0.1, -0.05) is 17.7 Å². The quantitative estimate of drug-likeness (QED) is 0.871. The molecule has 19 heavy (non-hydrogen) atoms. The molecule has 1 aromatic heterocycles. The van der Waals surface area contributed by atoms with Gasteiger partial charge in [0.05, 0.1) is 19.9 Å². The number of hydrogen-bond acceptors (Lipinski definition) is 5. The third-order valence-electron chi connectivity index (χ3n) is 2.57. The number of nitrogens with one attached hydrogen (secondary N) is 1. The molecule has 1 N–H and O–H groups in total. The van der Waals surface area contributed by atoms with Gasteiger partial charge < -0.3 is 14.8 Å². The summed E-state index contributed by atoms with van der Waals surface area (Å²) in [6.45, 7) is 1.99. The number of rotatable bonds is 4. The predicted octanol–water partition coefficient (Wildman–Crippen LogP) is 3.20. The number of aromatic nitrogens is 2. The second kappa shape index (κ2) is 5.75. The molecule has 0 radical (unpaired) electrons. The first-order valence-electron chi connectivity index (χ1n) is 5.62. The Morgan fingerprint density at radius 1 is 1.16 bits per heavy atom. The first-order chi connectivity index (χ1) is 9.15. The molecule has 0 atom stereocenters. The van der Waals surface area contributed by atoms with Crippen molar-refractivity contribution in [1.29, 1.82) is 0 Å². The fraction of sp³-hybridized carbons (Fsp3) is 0.231. The first-order valence-corrected chi connectivity index (χ1v) is 5.99. The lowest BCUT2D eigenvalue weighted by atomic mass is 10.2. The lowest BCUT2D eigenvalue weighted by Gasteiger charge is -2.13. The molecular formula is C13H14ClN3O2. The van der Waals surface area contributed by atoms with Crippen molar-refractivity contribution in [3.05, 3.63) is 35.2 Å². The average molecular weight is 280 g/mol. The summed E-state index contributed by atoms with van der Waals surface area (Å²) in [5.74, 6) is 1.60. The molecule has 0 aliphatic carbocycles. The summed E-state index contributed by atoms with van der Waals surface area (Å²) in [5.41, 5.74) is 1.89. The van der Waals surface area contributed by atoms with Crippen LogP contribution in [0.25, 0.3) is 0 Å². The summed E-state index contributed by atoms with van der Waals surface area (Å²) >= 11 is 5.95. The normalized spacial score (nSPS) is 10.1. The molecule has 2 rings (SSSR count). The molecule has 100 valence electrons. The van der Waals surface area contributed by atoms with Crippen LogP contribution in [0.3, 0.4) is 0 Å². The number of methoxy groups -OCH3 is 2. The van der Waals surface area contributed by atoms with Crippen molar-refractivity contribution in [2.45, 2.75) is 6.92 Å². The Bertz CT molecular complexity index is 590. The molecule has 5 nitrogen and oxygen atoms in total. The fourth-order valence-corrected chi connectivity index (χ4v) is 1.88. The molecule has 0 bridgehead atoms. The van der Waals surface area contributed by atoms with Gasteiger partial charge in [-0.3, -0.25) is 0 Å². The molecule has 0 spiro atoms. The van der Waals surface area contributed by atoms with E-state index in [-0.39, 0.29) is 5.15 Å². The van der Waals surface area contributed by atoms with E-state index in [2.05, 4.69) is 15.3 Å². The van der Waals surface area contributed by atoms with Crippen LogP contribution < -0.4 is 14.8 Å². The Hall–Kier alpha value is -2.01. The van der Waals surface area contributed by atoms with Gasteiger partial charge in [0.25, 0.3) is 0 Å². The highest BCUT2D eigenvalue weighted by Gasteiger charge is 2.12. The summed E-state index contributed by atoms with van der Waals surface area (Å²) in [4.78, 5) is 7.99. The summed E-state index contributed by atoms with van der Waals surface area (Å²) in [5, 5.41) is 3.40. The van der Waals surface area contributed by atoms with Gasteiger partial charge in [-0.2, -0.15) is 0 Å². The van der Waals surface area contributed by atoms with Gasteiger partial charge in [0.1, 0.15) is 12.1 Å². The van der Waals surface area contributed by atoms with E-state index in [1.54, 1.807) is 7.11 Å². The molecular weight excluding hydrogens is 266 g/mol. The van der Waals surface area contributed by atoms with Crippen LogP contribution in [0.5, 0.6) is 11.5 Å². The lowest BCUT2D eigenvalue weighted by molar-refractivity contribution is 0.412. The highest BCUT2D eigenvalue weighted by atomic mass is 35.5. The van der Waals surface area contributed by atoms with E-state index in [4.69, 9.17) is 21.1 Å². The van der Waals surface area contributed by atoms with Gasteiger partial charge in [0.15, 0.2) is 16.7 Å². The highest BCUT2D eigenvalue weighted by Crippen LogP contribution is 2.34. The van der Waals surface area contributed by atoms with Gasteiger partial charge in [-0.05, 0) is 24.6 Å². The fourth-order valence-electron chi connectivity index (χ4n) is 1.67. The molecule has 0 saturated heterocycles. The van der Waals surface area contributed by atoms with Gasteiger partial charge in [-0.25, -0.2) is 9.97 Å². The minimum absolute atomic E-state index is 0.256. The first kappa shape index (κ1) is 13.4. The van der Waals surface area contributed by atoms with E-state index in [0.717, 1.165) is 11.3 Å². The van der Waals surface area contributed by atoms with E-state index < -0.39 is 0 Å². The zero-order valence-corrected chi connectivity index (χ0v) is 11.7. The number of anilines is 2. The van der Waals surface area contributed by atoms with Crippen molar-refractivity contribution in [3.63, 3.8) is 0 Å². The van der Waals surface area contributed by atoms with Crippen LogP contribution in [0, 0.1) is 6.92 Å². The highest BCUT2D eigenvalue weighted by molar-refractivity contribution is 6.31. The SMILES string of the molecule is COc1ccc(C)cc1Nc1ncnc(Cl)c1OC. The van der Waals surface area contributed by atoms with Crippen molar-refractivity contribution in [2.75, 3.05) is 19.5 Å². The molecule has 0 aliphatic rings. The third-order valence-corrected chi connectivity index (χ3v) is 2.84. The van der Waals surface area contributed by atoms with Crippen LogP contribution in [0.15, 0.2) is 24.5 Å². The van der Waals surface area contributed by atoms with E-state index in [1.807, 2.05) is 25.1 Å². The predicted molar refractivity (Wildman–Crippen MR) is 74.6 cm³/mol. The van der Waals surface area contributed by atoms with E-state index in [0.29, 0.717) is 17.3 Å². The molecule has 0 aliphatic heterocycles. The molecule has 0 saturated carbocycles. The van der Waals surface area contributed by atoms with Gasteiger partial charge in [0, 0.05) is 0 Å². The van der Waals surface area contributed by atoms with Crippen molar-refractivity contribution in [2.24, 2.45) is 0 Å². The van der Waals surface area contributed by atoms with Crippen molar-refractivity contribution in [1.82, 2.24) is 9.97 Å². The van der Waals surface area contributed by atoms with E-state index in [9.17, 15) is 0 Å². The van der Waals surface area contributed by atoms with Crippen molar-refractivity contribution in [3.8, 4) is 11.5 Å². The number of benzene rings is 1. The maximum atomic E-state index is 5.95. The minimum atomic E-state index is 0.256. The summed E-state index contributed by atoms with van der Waals surface area (Å²) in [6.07, 6.45) is 1.37. The lowest BCUT2D eigenvalue weighted by Crippen LogP contribution is -2.01. The van der Waals surface area contributed by atoms with Crippen LogP contribution in [0.2, 0.25) is 5.15 Å². The van der Waals surface area contributed by atoms with Crippen LogP contribution in [-0.2, 0) is 0 Å². The molecule has 0 fully saturated rings. The zero-order valence-electron chi connectivity index (χ0n) is 10.9. The zero-order chi connectivity index (χ0) is 13.8. The Morgan fingerprint density at radius 3 is 2.63 bits per heavy atom. The van der Waals surface area contributed by atoms with Gasteiger partial charge in [-0.15, -0.1) is 0 Å². The van der Waals surface area contributed by atoms with Crippen LogP contribution in [0.1, 0.15) is 5.56 Å². The molecule has 6 heteroatoms. The van der Waals surface area contributed by atoms with Crippen LogP contribution in [-0.4, -0.2) is 24.2 Å². The molecule has 1 heterocycles. The van der Waals surface area contributed by atoms with Crippen molar-refractivity contribution >= 4 is 23.1 Å². The monoisotopic (exact) mass is 279 g/mol. The number of halogens is 1. The minimum Gasteiger partial charge on any atom is -0.495 e. The smallest absolute Gasteiger partial charge is 0.199 e. The average Bonchev–Trinajstić information content (AvgIpc) is 2.39. The van der Waals surface area contributed by atoms with Gasteiger partial charge >= 0.3 is 0 Å². The molecule has 1 aromatic carbocycles. The number of hydrogen-bond donors (Lipinski definition) is 1. The van der Waals surface area contributed by atoms with Crippen LogP contribution >= 0.6 is 11.6 Å². The second-order valence-electron chi connectivity index (χ2n) is 3.88. The Morgan fingerprint density at radius 2 is 1.95 bits per heavy atom. The van der Waals surface area contributed by atoms with E-state index >= 15 is 0 Å². The maximum Gasteiger partial charge on any atom is 0.199 e. The molecule has 0 unspecified atom stereocenters. The summed E-state index contributed by atoms with van der Waals surface area (Å²) in [7, 11) is 3.13. The van der Waals surface area contributed by atoms with E-state index in [1.165, 1.54) is 13.4 Å². The Kier molecular flexibility index (Phi) is 4.06. The summed E-state index contributed by atoms with van der Waals surface area (Å²) in [6, 6.07) is 5.80. The summed E-state index contributed by atoms with van der Waals surface area (Å²) < 4.78 is 10.5. The standard InChI is InChI=1S/C13H14ClN3O2/c1-8-4-5-10(18-2)9(6-8)17-13-11(19-3)12(14)15-7-16-13/h4-7H,1-3H3,(H,15,16,17). The Balaban J connectivity index is 2.41. The second-order valence-corrected chi connectivity index (χ2v) is 4.23. The Labute approximate surface area is 116 Å². The molecule has 2 aromatic rings. The molecule has 0 amide bonds. The van der Waals surface area contributed by atoms with Gasteiger partial charge in [0.2, 0.25) is 0 Å². The number of ether oxygens (including phenoxy) is 2.